The molecule has 16 heavy (non-hydrogen) atoms. The smallest absolute Gasteiger partial charge is 0.203 e. The van der Waals surface area contributed by atoms with Gasteiger partial charge in [-0.1, -0.05) is 0 Å². The van der Waals surface area contributed by atoms with Gasteiger partial charge in [0.2, 0.25) is 5.82 Å². The minimum absolute atomic E-state index is 0.155. The van der Waals surface area contributed by atoms with E-state index in [9.17, 15) is 13.2 Å². The summed E-state index contributed by atoms with van der Waals surface area (Å²) in [5.74, 6) is -4.20. The van der Waals surface area contributed by atoms with Crippen LogP contribution < -0.4 is 4.74 Å². The Kier molecular flexibility index (Phi) is 3.05. The summed E-state index contributed by atoms with van der Waals surface area (Å²) < 4.78 is 43.5. The molecule has 0 spiro atoms. The van der Waals surface area contributed by atoms with Crippen LogP contribution in [-0.2, 0) is 0 Å². The quantitative estimate of drug-likeness (QED) is 0.810. The van der Waals surface area contributed by atoms with Gasteiger partial charge in [0.15, 0.2) is 17.4 Å². The first-order valence-corrected chi connectivity index (χ1v) is 5.02. The maximum atomic E-state index is 13.1. The van der Waals surface area contributed by atoms with Crippen LogP contribution in [-0.4, -0.2) is 17.8 Å². The summed E-state index contributed by atoms with van der Waals surface area (Å²) in [5, 5.41) is 9.01. The molecule has 1 saturated carbocycles. The van der Waals surface area contributed by atoms with Crippen LogP contribution in [0.4, 0.5) is 13.2 Å². The molecule has 2 nitrogen and oxygen atoms in total. The third-order valence-corrected chi connectivity index (χ3v) is 2.69. The van der Waals surface area contributed by atoms with Crippen LogP contribution in [0, 0.1) is 23.4 Å². The number of benzene rings is 1. The monoisotopic (exact) mass is 232 g/mol. The second kappa shape index (κ2) is 4.33. The molecule has 0 unspecified atom stereocenters. The van der Waals surface area contributed by atoms with Crippen molar-refractivity contribution in [2.75, 3.05) is 6.61 Å². The zero-order chi connectivity index (χ0) is 11.7. The summed E-state index contributed by atoms with van der Waals surface area (Å²) in [6.45, 7) is 0.207. The van der Waals surface area contributed by atoms with Gasteiger partial charge < -0.3 is 9.84 Å². The van der Waals surface area contributed by atoms with E-state index in [0.29, 0.717) is 12.8 Å². The second-order valence-corrected chi connectivity index (χ2v) is 3.98. The highest BCUT2D eigenvalue weighted by Gasteiger charge is 2.28. The lowest BCUT2D eigenvalue weighted by molar-refractivity contribution is 0.0195. The molecule has 1 aromatic carbocycles. The normalized spacial score (nSPS) is 24.0. The molecular weight excluding hydrogens is 221 g/mol. The maximum absolute atomic E-state index is 13.1. The van der Waals surface area contributed by atoms with Crippen molar-refractivity contribution in [3.05, 3.63) is 29.6 Å². The van der Waals surface area contributed by atoms with Crippen LogP contribution >= 0.6 is 0 Å². The largest absolute Gasteiger partial charge is 0.490 e. The Labute approximate surface area is 90.7 Å². The van der Waals surface area contributed by atoms with Gasteiger partial charge in [0.05, 0.1) is 12.7 Å². The lowest BCUT2D eigenvalue weighted by atomic mass is 9.83. The summed E-state index contributed by atoms with van der Waals surface area (Å²) in [4.78, 5) is 0. The number of hydrogen-bond acceptors (Lipinski definition) is 2. The lowest BCUT2D eigenvalue weighted by Crippen LogP contribution is -2.32. The number of ether oxygens (including phenoxy) is 1. The molecule has 88 valence electrons. The van der Waals surface area contributed by atoms with Gasteiger partial charge in [-0.05, 0) is 30.9 Å². The number of halogens is 3. The number of hydrogen-bond donors (Lipinski definition) is 1. The maximum Gasteiger partial charge on any atom is 0.203 e. The Morgan fingerprint density at radius 2 is 1.88 bits per heavy atom. The lowest BCUT2D eigenvalue weighted by Gasteiger charge is -2.30. The molecule has 0 amide bonds. The Bertz CT molecular complexity index is 389. The summed E-state index contributed by atoms with van der Waals surface area (Å²) in [6, 6.07) is 1.88. The Morgan fingerprint density at radius 1 is 1.19 bits per heavy atom. The van der Waals surface area contributed by atoms with E-state index in [1.54, 1.807) is 0 Å². The van der Waals surface area contributed by atoms with E-state index in [2.05, 4.69) is 0 Å². The van der Waals surface area contributed by atoms with E-state index in [1.165, 1.54) is 0 Å². The van der Waals surface area contributed by atoms with Crippen LogP contribution in [0.3, 0.4) is 0 Å². The molecule has 0 aliphatic heterocycles. The minimum atomic E-state index is -1.52. The second-order valence-electron chi connectivity index (χ2n) is 3.98. The molecule has 0 bridgehead atoms. The molecule has 1 aliphatic rings. The molecule has 5 heteroatoms. The molecule has 1 aliphatic carbocycles. The molecular formula is C11H11F3O2. The van der Waals surface area contributed by atoms with Crippen molar-refractivity contribution < 1.29 is 23.0 Å². The predicted octanol–water partition coefficient (Wildman–Crippen LogP) is 2.25. The predicted molar refractivity (Wildman–Crippen MR) is 50.5 cm³/mol. The Morgan fingerprint density at radius 3 is 2.50 bits per heavy atom. The van der Waals surface area contributed by atoms with Gasteiger partial charge in [-0.3, -0.25) is 0 Å². The molecule has 0 heterocycles. The third kappa shape index (κ3) is 2.14. The first-order chi connectivity index (χ1) is 7.58. The highest BCUT2D eigenvalue weighted by atomic mass is 19.2. The van der Waals surface area contributed by atoms with E-state index in [1.807, 2.05) is 0 Å². The fraction of sp³-hybridized carbons (Fsp3) is 0.455. The topological polar surface area (TPSA) is 29.5 Å². The van der Waals surface area contributed by atoms with E-state index in [-0.39, 0.29) is 24.4 Å². The average Bonchev–Trinajstić information content (AvgIpc) is 2.22. The highest BCUT2D eigenvalue weighted by Crippen LogP contribution is 2.29. The van der Waals surface area contributed by atoms with E-state index in [4.69, 9.17) is 9.84 Å². The van der Waals surface area contributed by atoms with Gasteiger partial charge in [-0.15, -0.1) is 0 Å². The summed E-state index contributed by atoms with van der Waals surface area (Å²) in [5.41, 5.74) is 0. The van der Waals surface area contributed by atoms with Crippen molar-refractivity contribution in [2.45, 2.75) is 18.9 Å². The highest BCUT2D eigenvalue weighted by molar-refractivity contribution is 5.26. The van der Waals surface area contributed by atoms with E-state index >= 15 is 0 Å². The van der Waals surface area contributed by atoms with E-state index in [0.717, 1.165) is 12.1 Å². The van der Waals surface area contributed by atoms with Crippen LogP contribution in [0.5, 0.6) is 5.75 Å². The fourth-order valence-electron chi connectivity index (χ4n) is 1.66. The molecule has 1 N–H and O–H groups in total. The first-order valence-electron chi connectivity index (χ1n) is 5.02. The van der Waals surface area contributed by atoms with Crippen molar-refractivity contribution >= 4 is 0 Å². The molecule has 1 fully saturated rings. The SMILES string of the molecule is O[C@H]1C[C@@H](COc2ccc(F)c(F)c2F)C1. The first kappa shape index (κ1) is 11.3. The number of aliphatic hydroxyl groups is 1. The fourth-order valence-corrected chi connectivity index (χ4v) is 1.66. The van der Waals surface area contributed by atoms with Gasteiger partial charge in [-0.2, -0.15) is 4.39 Å². The van der Waals surface area contributed by atoms with Crippen molar-refractivity contribution in [1.82, 2.24) is 0 Å². The van der Waals surface area contributed by atoms with Crippen LogP contribution in [0.15, 0.2) is 12.1 Å². The van der Waals surface area contributed by atoms with Crippen molar-refractivity contribution in [1.29, 1.82) is 0 Å². The zero-order valence-corrected chi connectivity index (χ0v) is 8.42. The number of aliphatic hydroxyl groups excluding tert-OH is 1. The van der Waals surface area contributed by atoms with Crippen LogP contribution in [0.25, 0.3) is 0 Å². The molecule has 0 radical (unpaired) electrons. The van der Waals surface area contributed by atoms with Crippen LogP contribution in [0.1, 0.15) is 12.8 Å². The summed E-state index contributed by atoms with van der Waals surface area (Å²) in [6.07, 6.45) is 0.889. The van der Waals surface area contributed by atoms with Gasteiger partial charge in [0.25, 0.3) is 0 Å². The van der Waals surface area contributed by atoms with Crippen LogP contribution in [0.2, 0.25) is 0 Å². The number of rotatable bonds is 3. The molecule has 0 saturated heterocycles. The molecule has 2 rings (SSSR count). The van der Waals surface area contributed by atoms with E-state index < -0.39 is 17.5 Å². The third-order valence-electron chi connectivity index (χ3n) is 2.69. The average molecular weight is 232 g/mol. The molecule has 0 aromatic heterocycles. The Hall–Kier alpha value is -1.23. The summed E-state index contributed by atoms with van der Waals surface area (Å²) in [7, 11) is 0. The standard InChI is InChI=1S/C11H11F3O2/c12-8-1-2-9(11(14)10(8)13)16-5-6-3-7(15)4-6/h1-2,6-7,15H,3-5H2/t6-,7+. The molecule has 0 atom stereocenters. The summed E-state index contributed by atoms with van der Waals surface area (Å²) >= 11 is 0. The van der Waals surface area contributed by atoms with Gasteiger partial charge in [-0.25, -0.2) is 8.78 Å². The molecule has 1 aromatic rings. The van der Waals surface area contributed by atoms with Crippen molar-refractivity contribution in [3.63, 3.8) is 0 Å². The van der Waals surface area contributed by atoms with Gasteiger partial charge >= 0.3 is 0 Å². The van der Waals surface area contributed by atoms with Gasteiger partial charge in [0.1, 0.15) is 0 Å². The van der Waals surface area contributed by atoms with Crippen molar-refractivity contribution in [2.24, 2.45) is 5.92 Å². The zero-order valence-electron chi connectivity index (χ0n) is 8.42. The van der Waals surface area contributed by atoms with Crippen molar-refractivity contribution in [3.8, 4) is 5.75 Å². The minimum Gasteiger partial charge on any atom is -0.490 e. The Balaban J connectivity index is 1.97. The van der Waals surface area contributed by atoms with Gasteiger partial charge in [0, 0.05) is 0 Å².